The van der Waals surface area contributed by atoms with Crippen LogP contribution in [0.1, 0.15) is 23.4 Å². The molecule has 0 unspecified atom stereocenters. The second-order valence-corrected chi connectivity index (χ2v) is 4.53. The summed E-state index contributed by atoms with van der Waals surface area (Å²) >= 11 is 0. The molecule has 1 saturated heterocycles. The number of carbonyl (C=O) groups excluding carboxylic acids is 1. The minimum atomic E-state index is 0.376. The van der Waals surface area contributed by atoms with Crippen LogP contribution in [-0.4, -0.2) is 19.4 Å². The van der Waals surface area contributed by atoms with Crippen LogP contribution in [-0.2, 0) is 0 Å². The van der Waals surface area contributed by atoms with Crippen molar-refractivity contribution in [3.05, 3.63) is 42.2 Å². The lowest BCUT2D eigenvalue weighted by molar-refractivity contribution is 0.110. The molecule has 3 rings (SSSR count). The third-order valence-electron chi connectivity index (χ3n) is 3.36. The van der Waals surface area contributed by atoms with Gasteiger partial charge in [-0.1, -0.05) is 12.1 Å². The molecule has 18 heavy (non-hydrogen) atoms. The number of hydrogen-bond acceptors (Lipinski definition) is 3. The number of benzene rings is 1. The van der Waals surface area contributed by atoms with Crippen molar-refractivity contribution in [3.8, 4) is 11.3 Å². The Labute approximate surface area is 106 Å². The molecule has 0 saturated carbocycles. The van der Waals surface area contributed by atoms with Crippen LogP contribution in [0.3, 0.4) is 0 Å². The summed E-state index contributed by atoms with van der Waals surface area (Å²) in [5.74, 6) is 1.14. The summed E-state index contributed by atoms with van der Waals surface area (Å²) in [6, 6.07) is 11.8. The molecule has 2 aromatic rings. The third kappa shape index (κ3) is 1.92. The second-order valence-electron chi connectivity index (χ2n) is 4.53. The van der Waals surface area contributed by atoms with E-state index in [-0.39, 0.29) is 0 Å². The quantitative estimate of drug-likeness (QED) is 0.772. The molecule has 1 aromatic heterocycles. The Morgan fingerprint density at radius 3 is 2.56 bits per heavy atom. The Morgan fingerprint density at radius 2 is 1.83 bits per heavy atom. The van der Waals surface area contributed by atoms with Crippen LogP contribution in [0.5, 0.6) is 0 Å². The zero-order valence-electron chi connectivity index (χ0n) is 10.1. The third-order valence-corrected chi connectivity index (χ3v) is 3.36. The van der Waals surface area contributed by atoms with Gasteiger partial charge >= 0.3 is 0 Å². The van der Waals surface area contributed by atoms with Gasteiger partial charge in [-0.25, -0.2) is 0 Å². The van der Waals surface area contributed by atoms with E-state index in [1.54, 1.807) is 6.07 Å². The summed E-state index contributed by atoms with van der Waals surface area (Å²) in [4.78, 5) is 13.1. The first-order chi connectivity index (χ1) is 8.88. The molecule has 0 radical (unpaired) electrons. The van der Waals surface area contributed by atoms with E-state index < -0.39 is 0 Å². The van der Waals surface area contributed by atoms with Gasteiger partial charge in [0.2, 0.25) is 0 Å². The summed E-state index contributed by atoms with van der Waals surface area (Å²) in [6.07, 6.45) is 3.22. The van der Waals surface area contributed by atoms with E-state index >= 15 is 0 Å². The molecule has 2 heterocycles. The van der Waals surface area contributed by atoms with Crippen LogP contribution >= 0.6 is 0 Å². The van der Waals surface area contributed by atoms with Gasteiger partial charge < -0.3 is 9.32 Å². The van der Waals surface area contributed by atoms with Crippen LogP contribution in [0.4, 0.5) is 5.69 Å². The molecule has 3 heteroatoms. The number of furan rings is 1. The summed E-state index contributed by atoms with van der Waals surface area (Å²) in [5, 5.41) is 0. The van der Waals surface area contributed by atoms with Crippen LogP contribution in [0, 0.1) is 0 Å². The standard InChI is InChI=1S/C15H15NO2/c17-11-12-7-8-15(18-12)13-5-1-2-6-14(13)16-9-3-4-10-16/h1-2,5-8,11H,3-4,9-10H2. The number of nitrogens with zero attached hydrogens (tertiary/aromatic N) is 1. The number of rotatable bonds is 3. The van der Waals surface area contributed by atoms with E-state index in [1.165, 1.54) is 18.5 Å². The number of carbonyl (C=O) groups is 1. The zero-order chi connectivity index (χ0) is 12.4. The van der Waals surface area contributed by atoms with E-state index in [9.17, 15) is 4.79 Å². The highest BCUT2D eigenvalue weighted by molar-refractivity contribution is 5.78. The van der Waals surface area contributed by atoms with Gasteiger partial charge in [-0.05, 0) is 37.1 Å². The molecule has 1 fully saturated rings. The lowest BCUT2D eigenvalue weighted by atomic mass is 10.1. The lowest BCUT2D eigenvalue weighted by Crippen LogP contribution is -2.18. The average molecular weight is 241 g/mol. The molecular formula is C15H15NO2. The molecule has 0 amide bonds. The average Bonchev–Trinajstić information content (AvgIpc) is 3.10. The summed E-state index contributed by atoms with van der Waals surface area (Å²) < 4.78 is 5.52. The largest absolute Gasteiger partial charge is 0.453 e. The highest BCUT2D eigenvalue weighted by Crippen LogP contribution is 2.33. The number of aldehydes is 1. The van der Waals surface area contributed by atoms with Gasteiger partial charge in [0, 0.05) is 24.3 Å². The smallest absolute Gasteiger partial charge is 0.185 e. The first-order valence-electron chi connectivity index (χ1n) is 6.28. The van der Waals surface area contributed by atoms with Crippen molar-refractivity contribution in [2.24, 2.45) is 0 Å². The predicted octanol–water partition coefficient (Wildman–Crippen LogP) is 3.36. The molecular weight excluding hydrogens is 226 g/mol. The van der Waals surface area contributed by atoms with Gasteiger partial charge in [-0.15, -0.1) is 0 Å². The van der Waals surface area contributed by atoms with Gasteiger partial charge in [0.15, 0.2) is 12.0 Å². The van der Waals surface area contributed by atoms with Crippen molar-refractivity contribution in [2.45, 2.75) is 12.8 Å². The van der Waals surface area contributed by atoms with E-state index in [1.807, 2.05) is 24.3 Å². The topological polar surface area (TPSA) is 33.5 Å². The minimum absolute atomic E-state index is 0.376. The number of hydrogen-bond donors (Lipinski definition) is 0. The maximum atomic E-state index is 10.7. The van der Waals surface area contributed by atoms with Crippen molar-refractivity contribution in [2.75, 3.05) is 18.0 Å². The maximum Gasteiger partial charge on any atom is 0.185 e. The highest BCUT2D eigenvalue weighted by atomic mass is 16.3. The normalized spacial score (nSPS) is 15.0. The van der Waals surface area contributed by atoms with E-state index in [0.717, 1.165) is 30.7 Å². The van der Waals surface area contributed by atoms with E-state index in [0.29, 0.717) is 5.76 Å². The minimum Gasteiger partial charge on any atom is -0.453 e. The fourth-order valence-corrected chi connectivity index (χ4v) is 2.48. The number of anilines is 1. The van der Waals surface area contributed by atoms with Gasteiger partial charge in [-0.2, -0.15) is 0 Å². The molecule has 3 nitrogen and oxygen atoms in total. The van der Waals surface area contributed by atoms with Crippen LogP contribution in [0.25, 0.3) is 11.3 Å². The van der Waals surface area contributed by atoms with Crippen LogP contribution in [0.15, 0.2) is 40.8 Å². The molecule has 1 aliphatic heterocycles. The fourth-order valence-electron chi connectivity index (χ4n) is 2.48. The van der Waals surface area contributed by atoms with Crippen molar-refractivity contribution in [1.29, 1.82) is 0 Å². The lowest BCUT2D eigenvalue weighted by Gasteiger charge is -2.20. The van der Waals surface area contributed by atoms with Gasteiger partial charge in [0.1, 0.15) is 5.76 Å². The Balaban J connectivity index is 2.02. The summed E-state index contributed by atoms with van der Waals surface area (Å²) in [7, 11) is 0. The van der Waals surface area contributed by atoms with Crippen molar-refractivity contribution in [3.63, 3.8) is 0 Å². The van der Waals surface area contributed by atoms with Crippen LogP contribution in [0.2, 0.25) is 0 Å². The predicted molar refractivity (Wildman–Crippen MR) is 71.0 cm³/mol. The van der Waals surface area contributed by atoms with E-state index in [4.69, 9.17) is 4.42 Å². The highest BCUT2D eigenvalue weighted by Gasteiger charge is 2.17. The Hall–Kier alpha value is -2.03. The molecule has 0 atom stereocenters. The molecule has 0 spiro atoms. The fraction of sp³-hybridized carbons (Fsp3) is 0.267. The SMILES string of the molecule is O=Cc1ccc(-c2ccccc2N2CCCC2)o1. The van der Waals surface area contributed by atoms with Gasteiger partial charge in [0.05, 0.1) is 0 Å². The monoisotopic (exact) mass is 241 g/mol. The second kappa shape index (κ2) is 4.69. The molecule has 92 valence electrons. The molecule has 0 bridgehead atoms. The molecule has 0 N–H and O–H groups in total. The Morgan fingerprint density at radius 1 is 1.06 bits per heavy atom. The van der Waals surface area contributed by atoms with Crippen molar-refractivity contribution in [1.82, 2.24) is 0 Å². The van der Waals surface area contributed by atoms with Gasteiger partial charge in [-0.3, -0.25) is 4.79 Å². The van der Waals surface area contributed by atoms with Crippen LogP contribution < -0.4 is 4.90 Å². The maximum absolute atomic E-state index is 10.7. The summed E-state index contributed by atoms with van der Waals surface area (Å²) in [6.45, 7) is 2.19. The number of para-hydroxylation sites is 1. The first kappa shape index (κ1) is 11.1. The molecule has 0 aliphatic carbocycles. The van der Waals surface area contributed by atoms with Gasteiger partial charge in [0.25, 0.3) is 0 Å². The molecule has 1 aliphatic rings. The summed E-state index contributed by atoms with van der Waals surface area (Å²) in [5.41, 5.74) is 2.26. The zero-order valence-corrected chi connectivity index (χ0v) is 10.1. The Kier molecular flexibility index (Phi) is 2.89. The Bertz CT molecular complexity index is 553. The van der Waals surface area contributed by atoms with Crippen molar-refractivity contribution < 1.29 is 9.21 Å². The molecule has 1 aromatic carbocycles. The first-order valence-corrected chi connectivity index (χ1v) is 6.28. The van der Waals surface area contributed by atoms with E-state index in [2.05, 4.69) is 11.0 Å². The van der Waals surface area contributed by atoms with Crippen molar-refractivity contribution >= 4 is 12.0 Å².